The number of rotatable bonds is 6. The van der Waals surface area contributed by atoms with Crippen LogP contribution in [0, 0.1) is 17.8 Å². The van der Waals surface area contributed by atoms with Crippen LogP contribution in [0.1, 0.15) is 49.9 Å². The number of hydrogen-bond acceptors (Lipinski definition) is 4. The van der Waals surface area contributed by atoms with Gasteiger partial charge in [0.1, 0.15) is 0 Å². The third-order valence-corrected chi connectivity index (χ3v) is 5.76. The number of piperidine rings is 2. The molecule has 0 N–H and O–H groups in total. The molecule has 3 heterocycles. The predicted octanol–water partition coefficient (Wildman–Crippen LogP) is 3.34. The molecule has 0 saturated carbocycles. The number of carbonyl (C=O) groups is 1. The van der Waals surface area contributed by atoms with Gasteiger partial charge in [-0.15, -0.1) is 0 Å². The van der Waals surface area contributed by atoms with Crippen LogP contribution in [-0.2, 0) is 0 Å². The molecule has 3 rings (SSSR count). The van der Waals surface area contributed by atoms with Crippen LogP contribution < -0.4 is 0 Å². The van der Waals surface area contributed by atoms with E-state index in [-0.39, 0.29) is 11.7 Å². The first-order valence-corrected chi connectivity index (χ1v) is 10.0. The molecule has 0 aromatic carbocycles. The van der Waals surface area contributed by atoms with Crippen molar-refractivity contribution >= 4 is 5.78 Å². The van der Waals surface area contributed by atoms with Crippen molar-refractivity contribution in [2.24, 2.45) is 17.8 Å². The van der Waals surface area contributed by atoms with Gasteiger partial charge in [-0.05, 0) is 62.7 Å². The lowest BCUT2D eigenvalue weighted by Gasteiger charge is -2.37. The first-order chi connectivity index (χ1) is 12.1. The van der Waals surface area contributed by atoms with E-state index in [1.807, 2.05) is 12.1 Å². The van der Waals surface area contributed by atoms with Crippen LogP contribution in [0.25, 0.3) is 0 Å². The van der Waals surface area contributed by atoms with E-state index >= 15 is 0 Å². The molecular formula is C21H33N3O. The number of likely N-dealkylation sites (tertiary alicyclic amines) is 2. The van der Waals surface area contributed by atoms with Gasteiger partial charge in [0.15, 0.2) is 5.78 Å². The molecule has 1 aromatic heterocycles. The highest BCUT2D eigenvalue weighted by molar-refractivity contribution is 5.97. The monoisotopic (exact) mass is 343 g/mol. The number of carbonyl (C=O) groups excluding carboxylic acids is 1. The Balaban J connectivity index is 1.69. The van der Waals surface area contributed by atoms with Gasteiger partial charge in [-0.3, -0.25) is 9.78 Å². The number of hydrogen-bond donors (Lipinski definition) is 0. The fourth-order valence-electron chi connectivity index (χ4n) is 4.50. The highest BCUT2D eigenvalue weighted by Gasteiger charge is 2.28. The largest absolute Gasteiger partial charge is 0.302 e. The van der Waals surface area contributed by atoms with Crippen LogP contribution in [0.2, 0.25) is 0 Å². The van der Waals surface area contributed by atoms with Crippen molar-refractivity contribution in [1.29, 1.82) is 0 Å². The van der Waals surface area contributed by atoms with Gasteiger partial charge in [0.05, 0.1) is 0 Å². The Kier molecular flexibility index (Phi) is 6.60. The van der Waals surface area contributed by atoms with Crippen molar-refractivity contribution in [3.8, 4) is 0 Å². The number of Topliss-reactive ketones (excluding diaryl/α,β-unsaturated/α-hetero) is 1. The molecule has 138 valence electrons. The summed E-state index contributed by atoms with van der Waals surface area (Å²) in [6, 6.07) is 3.79. The molecule has 2 aliphatic heterocycles. The second kappa shape index (κ2) is 8.91. The summed E-state index contributed by atoms with van der Waals surface area (Å²) < 4.78 is 0. The molecule has 0 spiro atoms. The molecule has 25 heavy (non-hydrogen) atoms. The maximum atomic E-state index is 13.2. The standard InChI is InChI=1S/C21H33N3O/c1-17-6-4-10-23(13-17)15-20(16-24-11-5-7-18(2)14-24)21(25)19-8-3-9-22-12-19/h3,8-9,12,17-18,20H,4-7,10-11,13-16H2,1-2H3. The van der Waals surface area contributed by atoms with E-state index in [0.29, 0.717) is 0 Å². The van der Waals surface area contributed by atoms with Crippen molar-refractivity contribution in [3.63, 3.8) is 0 Å². The molecule has 0 bridgehead atoms. The van der Waals surface area contributed by atoms with E-state index in [1.165, 1.54) is 25.7 Å². The van der Waals surface area contributed by atoms with Gasteiger partial charge in [0.2, 0.25) is 0 Å². The summed E-state index contributed by atoms with van der Waals surface area (Å²) in [4.78, 5) is 22.3. The number of ketones is 1. The Labute approximate surface area is 152 Å². The van der Waals surface area contributed by atoms with Gasteiger partial charge in [0.25, 0.3) is 0 Å². The lowest BCUT2D eigenvalue weighted by atomic mass is 9.93. The fourth-order valence-corrected chi connectivity index (χ4v) is 4.50. The maximum absolute atomic E-state index is 13.2. The quantitative estimate of drug-likeness (QED) is 0.742. The summed E-state index contributed by atoms with van der Waals surface area (Å²) in [5, 5.41) is 0. The minimum absolute atomic E-state index is 0.0554. The maximum Gasteiger partial charge on any atom is 0.170 e. The molecular weight excluding hydrogens is 310 g/mol. The topological polar surface area (TPSA) is 36.4 Å². The summed E-state index contributed by atoms with van der Waals surface area (Å²) in [6.45, 7) is 11.0. The molecule has 2 unspecified atom stereocenters. The molecule has 1 aromatic rings. The Bertz CT molecular complexity index is 523. The summed E-state index contributed by atoms with van der Waals surface area (Å²) in [5.41, 5.74) is 0.766. The van der Waals surface area contributed by atoms with Crippen LogP contribution >= 0.6 is 0 Å². The fraction of sp³-hybridized carbons (Fsp3) is 0.714. The van der Waals surface area contributed by atoms with Crippen LogP contribution in [-0.4, -0.2) is 59.8 Å². The molecule has 4 heteroatoms. The first-order valence-electron chi connectivity index (χ1n) is 10.0. The highest BCUT2D eigenvalue weighted by atomic mass is 16.1. The molecule has 2 atom stereocenters. The smallest absolute Gasteiger partial charge is 0.170 e. The van der Waals surface area contributed by atoms with E-state index in [9.17, 15) is 4.79 Å². The van der Waals surface area contributed by atoms with Crippen LogP contribution in [0.4, 0.5) is 0 Å². The minimum atomic E-state index is 0.0554. The Morgan fingerprint density at radius 1 is 1.12 bits per heavy atom. The van der Waals surface area contributed by atoms with E-state index in [4.69, 9.17) is 0 Å². The SMILES string of the molecule is CC1CCCN(CC(CN2CCCC(C)C2)C(=O)c2cccnc2)C1. The van der Waals surface area contributed by atoms with Gasteiger partial charge in [-0.25, -0.2) is 0 Å². The number of pyridine rings is 1. The number of aromatic nitrogens is 1. The normalized spacial score (nSPS) is 27.1. The summed E-state index contributed by atoms with van der Waals surface area (Å²) in [6.07, 6.45) is 8.63. The average molecular weight is 344 g/mol. The van der Waals surface area contributed by atoms with Gasteiger partial charge in [-0.2, -0.15) is 0 Å². The summed E-state index contributed by atoms with van der Waals surface area (Å²) in [5.74, 6) is 1.82. The Morgan fingerprint density at radius 3 is 2.20 bits per heavy atom. The minimum Gasteiger partial charge on any atom is -0.302 e. The molecule has 0 amide bonds. The molecule has 2 saturated heterocycles. The Morgan fingerprint density at radius 2 is 1.72 bits per heavy atom. The van der Waals surface area contributed by atoms with E-state index in [1.54, 1.807) is 12.4 Å². The third-order valence-electron chi connectivity index (χ3n) is 5.76. The third kappa shape index (κ3) is 5.35. The zero-order valence-electron chi connectivity index (χ0n) is 15.9. The molecule has 4 nitrogen and oxygen atoms in total. The van der Waals surface area contributed by atoms with Crippen LogP contribution in [0.3, 0.4) is 0 Å². The predicted molar refractivity (Wildman–Crippen MR) is 102 cm³/mol. The van der Waals surface area contributed by atoms with E-state index in [0.717, 1.165) is 56.7 Å². The summed E-state index contributed by atoms with van der Waals surface area (Å²) >= 11 is 0. The first kappa shape index (κ1) is 18.5. The van der Waals surface area contributed by atoms with Crippen molar-refractivity contribution in [2.75, 3.05) is 39.3 Å². The van der Waals surface area contributed by atoms with Gasteiger partial charge < -0.3 is 9.80 Å². The van der Waals surface area contributed by atoms with Crippen molar-refractivity contribution in [2.45, 2.75) is 39.5 Å². The zero-order chi connectivity index (χ0) is 17.6. The lowest BCUT2D eigenvalue weighted by molar-refractivity contribution is 0.0744. The lowest BCUT2D eigenvalue weighted by Crippen LogP contribution is -2.45. The van der Waals surface area contributed by atoms with Gasteiger partial charge in [-0.1, -0.05) is 13.8 Å². The van der Waals surface area contributed by atoms with Gasteiger partial charge >= 0.3 is 0 Å². The van der Waals surface area contributed by atoms with Crippen LogP contribution in [0.5, 0.6) is 0 Å². The average Bonchev–Trinajstić information content (AvgIpc) is 2.61. The molecule has 0 radical (unpaired) electrons. The van der Waals surface area contributed by atoms with E-state index in [2.05, 4.69) is 28.6 Å². The van der Waals surface area contributed by atoms with Gasteiger partial charge in [0, 0.05) is 50.1 Å². The second-order valence-corrected chi connectivity index (χ2v) is 8.32. The van der Waals surface area contributed by atoms with Crippen molar-refractivity contribution in [1.82, 2.24) is 14.8 Å². The Hall–Kier alpha value is -1.26. The van der Waals surface area contributed by atoms with Crippen LogP contribution in [0.15, 0.2) is 24.5 Å². The molecule has 0 aliphatic carbocycles. The van der Waals surface area contributed by atoms with E-state index < -0.39 is 0 Å². The van der Waals surface area contributed by atoms with Crippen molar-refractivity contribution in [3.05, 3.63) is 30.1 Å². The molecule has 2 aliphatic rings. The van der Waals surface area contributed by atoms with Crippen molar-refractivity contribution < 1.29 is 4.79 Å². The highest BCUT2D eigenvalue weighted by Crippen LogP contribution is 2.21. The zero-order valence-corrected chi connectivity index (χ0v) is 15.9. The molecule has 2 fully saturated rings. The summed E-state index contributed by atoms with van der Waals surface area (Å²) in [7, 11) is 0. The number of nitrogens with zero attached hydrogens (tertiary/aromatic N) is 3. The second-order valence-electron chi connectivity index (χ2n) is 8.32.